The van der Waals surface area contributed by atoms with Gasteiger partial charge in [-0.2, -0.15) is 12.6 Å². The van der Waals surface area contributed by atoms with Gasteiger partial charge in [-0.05, 0) is 54.8 Å². The average molecular weight is 970 g/mol. The molecule has 1 unspecified atom stereocenters. The van der Waals surface area contributed by atoms with Crippen molar-refractivity contribution >= 4 is 54.2 Å². The molecular weight excluding hydrogens is 911 g/mol. The van der Waals surface area contributed by atoms with Crippen molar-refractivity contribution in [3.63, 3.8) is 0 Å². The molecule has 3 aromatic carbocycles. The zero-order chi connectivity index (χ0) is 50.4. The topological polar surface area (TPSA) is 227 Å². The summed E-state index contributed by atoms with van der Waals surface area (Å²) in [5.41, 5.74) is -7.39. The van der Waals surface area contributed by atoms with Crippen LogP contribution in [0.3, 0.4) is 0 Å². The lowest BCUT2D eigenvalue weighted by atomic mass is 9.44. The molecule has 2 bridgehead atoms. The fourth-order valence-corrected chi connectivity index (χ4v) is 11.0. The number of aliphatic hydroxyl groups is 2. The van der Waals surface area contributed by atoms with E-state index in [1.54, 1.807) is 107 Å². The third-order valence-electron chi connectivity index (χ3n) is 14.3. The molecule has 4 aliphatic rings. The summed E-state index contributed by atoms with van der Waals surface area (Å²) in [5, 5.41) is 28.6. The van der Waals surface area contributed by atoms with Gasteiger partial charge in [0.15, 0.2) is 23.6 Å². The summed E-state index contributed by atoms with van der Waals surface area (Å²) in [6.45, 7) is 11.3. The van der Waals surface area contributed by atoms with Crippen LogP contribution in [0.1, 0.15) is 107 Å². The lowest BCUT2D eigenvalue weighted by Crippen LogP contribution is -2.82. The Morgan fingerprint density at radius 2 is 1.42 bits per heavy atom. The van der Waals surface area contributed by atoms with Gasteiger partial charge in [0.25, 0.3) is 5.91 Å². The van der Waals surface area contributed by atoms with E-state index in [4.69, 9.17) is 28.4 Å². The van der Waals surface area contributed by atoms with E-state index < -0.39 is 123 Å². The second-order valence-electron chi connectivity index (χ2n) is 19.8. The number of ketones is 1. The number of hydrogen-bond donors (Lipinski definition) is 4. The van der Waals surface area contributed by atoms with E-state index in [2.05, 4.69) is 17.9 Å². The van der Waals surface area contributed by atoms with Crippen molar-refractivity contribution < 1.29 is 72.2 Å². The van der Waals surface area contributed by atoms with Crippen LogP contribution >= 0.6 is 12.6 Å². The molecule has 1 aliphatic heterocycles. The lowest BCUT2D eigenvalue weighted by Gasteiger charge is -2.67. The van der Waals surface area contributed by atoms with Gasteiger partial charge < -0.3 is 44.0 Å². The van der Waals surface area contributed by atoms with Crippen LogP contribution in [0.2, 0.25) is 0 Å². The molecule has 1 saturated heterocycles. The van der Waals surface area contributed by atoms with E-state index in [1.807, 2.05) is 0 Å². The van der Waals surface area contributed by atoms with Crippen molar-refractivity contribution in [1.82, 2.24) is 5.32 Å². The van der Waals surface area contributed by atoms with Crippen molar-refractivity contribution in [3.8, 4) is 0 Å². The normalized spacial score (nSPS) is 30.0. The van der Waals surface area contributed by atoms with Crippen molar-refractivity contribution in [3.05, 3.63) is 119 Å². The number of hydrogen-bond acceptors (Lipinski definition) is 16. The molecule has 3 aliphatic carbocycles. The molecule has 2 saturated carbocycles. The van der Waals surface area contributed by atoms with E-state index >= 15 is 4.79 Å². The number of amides is 1. The maximum atomic E-state index is 16.1. The summed E-state index contributed by atoms with van der Waals surface area (Å²) in [7, 11) is 0. The second-order valence-corrected chi connectivity index (χ2v) is 21.0. The number of benzene rings is 3. The van der Waals surface area contributed by atoms with Gasteiger partial charge in [-0.15, -0.1) is 0 Å². The van der Waals surface area contributed by atoms with Crippen molar-refractivity contribution in [1.29, 1.82) is 0 Å². The van der Waals surface area contributed by atoms with Crippen LogP contribution in [0.4, 0.5) is 0 Å². The number of thiol groups is 1. The molecule has 1 amide bonds. The molecule has 3 N–H and O–H groups in total. The minimum Gasteiger partial charge on any atom is -0.461 e. The Bertz CT molecular complexity index is 2530. The molecule has 16 nitrogen and oxygen atoms in total. The monoisotopic (exact) mass is 969 g/mol. The first-order valence-electron chi connectivity index (χ1n) is 22.8. The van der Waals surface area contributed by atoms with Crippen molar-refractivity contribution in [2.45, 2.75) is 133 Å². The first kappa shape index (κ1) is 51.0. The summed E-state index contributed by atoms with van der Waals surface area (Å²) in [4.78, 5) is 99.1. The number of esters is 5. The minimum absolute atomic E-state index is 0.0312. The van der Waals surface area contributed by atoms with Gasteiger partial charge in [0, 0.05) is 42.4 Å². The van der Waals surface area contributed by atoms with Gasteiger partial charge in [0.05, 0.1) is 36.0 Å². The van der Waals surface area contributed by atoms with Gasteiger partial charge in [-0.3, -0.25) is 24.0 Å². The van der Waals surface area contributed by atoms with Gasteiger partial charge in [-0.25, -0.2) is 9.59 Å². The zero-order valence-corrected chi connectivity index (χ0v) is 40.7. The van der Waals surface area contributed by atoms with E-state index in [0.29, 0.717) is 5.56 Å². The van der Waals surface area contributed by atoms with Crippen LogP contribution in [-0.2, 0) is 52.4 Å². The fourth-order valence-electron chi connectivity index (χ4n) is 10.9. The molecule has 0 aromatic heterocycles. The summed E-state index contributed by atoms with van der Waals surface area (Å²) >= 11 is 4.52. The third kappa shape index (κ3) is 9.45. The van der Waals surface area contributed by atoms with Crippen LogP contribution in [0.5, 0.6) is 0 Å². The van der Waals surface area contributed by atoms with Gasteiger partial charge in [0.2, 0.25) is 0 Å². The Morgan fingerprint density at radius 3 is 1.96 bits per heavy atom. The predicted octanol–water partition coefficient (Wildman–Crippen LogP) is 5.39. The van der Waals surface area contributed by atoms with Crippen LogP contribution < -0.4 is 5.32 Å². The second kappa shape index (κ2) is 19.1. The Labute approximate surface area is 405 Å². The Kier molecular flexibility index (Phi) is 14.1. The molecule has 1 heterocycles. The van der Waals surface area contributed by atoms with Gasteiger partial charge in [-0.1, -0.05) is 94.4 Å². The Balaban J connectivity index is 1.43. The summed E-state index contributed by atoms with van der Waals surface area (Å²) in [6.07, 6.45) is -10.9. The molecule has 3 aromatic rings. The highest BCUT2D eigenvalue weighted by Crippen LogP contribution is 2.65. The van der Waals surface area contributed by atoms with Gasteiger partial charge >= 0.3 is 29.8 Å². The number of rotatable bonds is 13. The van der Waals surface area contributed by atoms with Crippen LogP contribution in [0.15, 0.2) is 102 Å². The minimum atomic E-state index is -2.46. The molecule has 0 spiro atoms. The molecule has 7 rings (SSSR count). The Hall–Kier alpha value is -5.88. The lowest BCUT2D eigenvalue weighted by molar-refractivity contribution is -0.346. The molecule has 17 heteroatoms. The quantitative estimate of drug-likeness (QED) is 0.0730. The molecule has 0 radical (unpaired) electrons. The highest BCUT2D eigenvalue weighted by atomic mass is 32.1. The van der Waals surface area contributed by atoms with E-state index in [0.717, 1.165) is 13.8 Å². The van der Waals surface area contributed by atoms with Crippen molar-refractivity contribution in [2.75, 3.05) is 6.61 Å². The first-order valence-corrected chi connectivity index (χ1v) is 23.2. The van der Waals surface area contributed by atoms with E-state index in [9.17, 15) is 39.0 Å². The number of carbonyl (C=O) groups excluding carboxylic acids is 7. The molecule has 69 heavy (non-hydrogen) atoms. The highest BCUT2D eigenvalue weighted by molar-refractivity contribution is 7.81. The fraction of sp³-hybridized carbons (Fsp3) is 0.481. The zero-order valence-electron chi connectivity index (χ0n) is 39.8. The number of nitrogens with one attached hydrogen (secondary N) is 1. The van der Waals surface area contributed by atoms with Crippen LogP contribution in [0.25, 0.3) is 0 Å². The standard InChI is InChI=1S/C52H59NO15S/c1-28-34(65-47(61)40(57)39(31-18-12-9-13-19-31)53-45(59)32-20-14-10-15-21-32)25-52(62)44(67-46(60)33-22-16-11-17-23-33)42-50(8,43(58)41(64-29(2)54)38(28)49(52,6)7)35(66-37(56)26-48(4,5)69)24-36-51(42,27-63-36)68-30(3)55/h9-23,34-36,39-42,44,57,62,69H,24-27H2,1-8H3,(H,53,59)/t34-,35-,36+,39-,40+,41+,42?,44-,50+,51-,52+/m0/s1. The number of carbonyl (C=O) groups is 7. The third-order valence-corrected chi connectivity index (χ3v) is 14.5. The van der Waals surface area contributed by atoms with Crippen LogP contribution in [-0.4, -0.2) is 111 Å². The SMILES string of the molecule is CC(=O)O[C@H]1C(=O)[C@@]2(C)C([C@H](OC(=O)c3ccccc3)[C@]3(O)C[C@H](OC(=O)[C@H](O)[C@@H](NC(=O)c4ccccc4)c4ccccc4)C(C)=C1C3(C)C)[C@]1(OC(C)=O)CO[C@@H]1C[C@@H]2OC(=O)CC(C)(C)S. The van der Waals surface area contributed by atoms with E-state index in [1.165, 1.54) is 26.0 Å². The molecule has 3 fully saturated rings. The van der Waals surface area contributed by atoms with E-state index in [-0.39, 0.29) is 41.7 Å². The summed E-state index contributed by atoms with van der Waals surface area (Å²) in [5.74, 6) is -7.80. The number of ether oxygens (including phenoxy) is 6. The largest absolute Gasteiger partial charge is 0.461 e. The van der Waals surface area contributed by atoms with Crippen molar-refractivity contribution in [2.24, 2.45) is 16.7 Å². The smallest absolute Gasteiger partial charge is 0.338 e. The molecule has 11 atom stereocenters. The first-order chi connectivity index (χ1) is 32.4. The maximum Gasteiger partial charge on any atom is 0.338 e. The predicted molar refractivity (Wildman–Crippen MR) is 249 cm³/mol. The Morgan fingerprint density at radius 1 is 0.841 bits per heavy atom. The maximum absolute atomic E-state index is 16.1. The summed E-state index contributed by atoms with van der Waals surface area (Å²) < 4.78 is 36.3. The average Bonchev–Trinajstić information content (AvgIpc) is 3.28. The molecular formula is C52H59NO15S. The molecule has 368 valence electrons. The number of fused-ring (bicyclic) bond motifs is 5. The highest BCUT2D eigenvalue weighted by Gasteiger charge is 2.79. The number of aliphatic hydroxyl groups excluding tert-OH is 1. The summed E-state index contributed by atoms with van der Waals surface area (Å²) in [6, 6.07) is 22.8. The van der Waals surface area contributed by atoms with Gasteiger partial charge in [0.1, 0.15) is 30.0 Å². The van der Waals surface area contributed by atoms with Crippen LogP contribution in [0, 0.1) is 16.7 Å². The number of Topliss-reactive ketones (excluding diaryl/α,β-unsaturated/α-hetero) is 1.